The third kappa shape index (κ3) is 2.06. The smallest absolute Gasteiger partial charge is 0.0636 e. The topological polar surface area (TPSA) is 57.5 Å². The lowest BCUT2D eigenvalue weighted by Crippen LogP contribution is -1.83. The van der Waals surface area contributed by atoms with Crippen LogP contribution in [0, 0.1) is 0 Å². The molecule has 0 aromatic heterocycles. The summed E-state index contributed by atoms with van der Waals surface area (Å²) >= 11 is 11.2. The highest BCUT2D eigenvalue weighted by atomic mass is 35.5. The van der Waals surface area contributed by atoms with E-state index in [9.17, 15) is 0 Å². The maximum Gasteiger partial charge on any atom is 0.0636 e. The lowest BCUT2D eigenvalue weighted by atomic mass is 10.3. The van der Waals surface area contributed by atoms with Gasteiger partial charge in [-0.15, -0.1) is 0 Å². The van der Waals surface area contributed by atoms with Crippen LogP contribution in [0.5, 0.6) is 0 Å². The Hall–Kier alpha value is -0.440. The fourth-order valence-corrected chi connectivity index (χ4v) is 0.813. The lowest BCUT2D eigenvalue weighted by Gasteiger charge is -1.95. The molecule has 0 radical (unpaired) electrons. The number of rotatable bonds is 0. The van der Waals surface area contributed by atoms with E-state index >= 15 is 0 Å². The van der Waals surface area contributed by atoms with E-state index in [0.29, 0.717) is 15.7 Å². The fraction of sp³-hybridized carbons (Fsp3) is 0. The summed E-state index contributed by atoms with van der Waals surface area (Å²) in [7, 11) is 0. The molecular weight excluding hydrogens is 173 g/mol. The van der Waals surface area contributed by atoms with Gasteiger partial charge in [-0.3, -0.25) is 0 Å². The zero-order valence-corrected chi connectivity index (χ0v) is 6.58. The van der Waals surface area contributed by atoms with Gasteiger partial charge in [0.2, 0.25) is 0 Å². The molecule has 0 unspecified atom stereocenters. The molecular formula is C6H7Cl2NO. The second-order valence-corrected chi connectivity index (χ2v) is 2.51. The zero-order chi connectivity index (χ0) is 6.85. The molecule has 10 heavy (non-hydrogen) atoms. The predicted molar refractivity (Wildman–Crippen MR) is 44.5 cm³/mol. The van der Waals surface area contributed by atoms with E-state index in [4.69, 9.17) is 28.9 Å². The second kappa shape index (κ2) is 3.66. The van der Waals surface area contributed by atoms with Crippen LogP contribution in [-0.2, 0) is 0 Å². The molecule has 4 N–H and O–H groups in total. The van der Waals surface area contributed by atoms with Gasteiger partial charge in [0, 0.05) is 5.02 Å². The van der Waals surface area contributed by atoms with Gasteiger partial charge in [0.25, 0.3) is 0 Å². The molecule has 0 spiro atoms. The molecule has 1 aromatic carbocycles. The van der Waals surface area contributed by atoms with Gasteiger partial charge in [-0.2, -0.15) is 0 Å². The van der Waals surface area contributed by atoms with E-state index in [-0.39, 0.29) is 5.48 Å². The first kappa shape index (κ1) is 9.56. The number of anilines is 1. The van der Waals surface area contributed by atoms with Gasteiger partial charge in [0.1, 0.15) is 0 Å². The van der Waals surface area contributed by atoms with Crippen molar-refractivity contribution in [2.24, 2.45) is 0 Å². The Labute approximate surface area is 68.9 Å². The van der Waals surface area contributed by atoms with Crippen molar-refractivity contribution < 1.29 is 5.48 Å². The summed E-state index contributed by atoms with van der Waals surface area (Å²) in [6.07, 6.45) is 0. The highest BCUT2D eigenvalue weighted by Gasteiger charge is 1.93. The van der Waals surface area contributed by atoms with Crippen LogP contribution < -0.4 is 5.73 Å². The second-order valence-electron chi connectivity index (χ2n) is 1.67. The molecule has 4 heteroatoms. The van der Waals surface area contributed by atoms with Crippen LogP contribution in [0.25, 0.3) is 0 Å². The van der Waals surface area contributed by atoms with E-state index in [1.807, 2.05) is 0 Å². The van der Waals surface area contributed by atoms with Crippen LogP contribution in [0.4, 0.5) is 5.69 Å². The average Bonchev–Trinajstić information content (AvgIpc) is 1.80. The Morgan fingerprint density at radius 3 is 2.20 bits per heavy atom. The minimum absolute atomic E-state index is 0. The number of hydrogen-bond acceptors (Lipinski definition) is 1. The van der Waals surface area contributed by atoms with Crippen molar-refractivity contribution in [1.29, 1.82) is 0 Å². The Bertz CT molecular complexity index is 227. The normalized spacial score (nSPS) is 8.60. The number of halogens is 2. The molecule has 0 aliphatic rings. The van der Waals surface area contributed by atoms with E-state index < -0.39 is 0 Å². The highest BCUT2D eigenvalue weighted by molar-refractivity contribution is 6.35. The Morgan fingerprint density at radius 2 is 1.80 bits per heavy atom. The van der Waals surface area contributed by atoms with E-state index in [1.165, 1.54) is 0 Å². The summed E-state index contributed by atoms with van der Waals surface area (Å²) < 4.78 is 0. The summed E-state index contributed by atoms with van der Waals surface area (Å²) in [5.41, 5.74) is 5.92. The first-order chi connectivity index (χ1) is 4.20. The summed E-state index contributed by atoms with van der Waals surface area (Å²) in [5.74, 6) is 0. The van der Waals surface area contributed by atoms with E-state index in [2.05, 4.69) is 0 Å². The monoisotopic (exact) mass is 179 g/mol. The van der Waals surface area contributed by atoms with Crippen LogP contribution in [0.2, 0.25) is 10.0 Å². The van der Waals surface area contributed by atoms with Gasteiger partial charge in [-0.25, -0.2) is 0 Å². The molecule has 1 aromatic rings. The number of nitrogens with two attached hydrogens (primary N) is 1. The average molecular weight is 180 g/mol. The van der Waals surface area contributed by atoms with Crippen molar-refractivity contribution >= 4 is 28.9 Å². The molecule has 2 nitrogen and oxygen atoms in total. The van der Waals surface area contributed by atoms with Gasteiger partial charge in [-0.1, -0.05) is 23.2 Å². The molecule has 0 amide bonds. The molecule has 0 heterocycles. The molecule has 1 rings (SSSR count). The minimum atomic E-state index is 0. The Morgan fingerprint density at radius 1 is 1.20 bits per heavy atom. The minimum Gasteiger partial charge on any atom is -0.412 e. The first-order valence-electron chi connectivity index (χ1n) is 2.40. The van der Waals surface area contributed by atoms with Gasteiger partial charge >= 0.3 is 0 Å². The fourth-order valence-electron chi connectivity index (χ4n) is 0.515. The molecule has 56 valence electrons. The molecule has 0 bridgehead atoms. The third-order valence-electron chi connectivity index (χ3n) is 0.958. The summed E-state index contributed by atoms with van der Waals surface area (Å²) in [6.45, 7) is 0. The molecule has 0 aliphatic heterocycles. The molecule has 0 aliphatic carbocycles. The van der Waals surface area contributed by atoms with Gasteiger partial charge in [0.15, 0.2) is 0 Å². The van der Waals surface area contributed by atoms with Crippen LogP contribution >= 0.6 is 23.2 Å². The van der Waals surface area contributed by atoms with E-state index in [1.54, 1.807) is 18.2 Å². The third-order valence-corrected chi connectivity index (χ3v) is 1.54. The molecule has 0 fully saturated rings. The quantitative estimate of drug-likeness (QED) is 0.607. The van der Waals surface area contributed by atoms with Crippen molar-refractivity contribution in [3.8, 4) is 0 Å². The number of benzene rings is 1. The van der Waals surface area contributed by atoms with Crippen molar-refractivity contribution in [1.82, 2.24) is 0 Å². The van der Waals surface area contributed by atoms with Gasteiger partial charge < -0.3 is 11.2 Å². The highest BCUT2D eigenvalue weighted by Crippen LogP contribution is 2.21. The van der Waals surface area contributed by atoms with Crippen molar-refractivity contribution in [3.05, 3.63) is 28.2 Å². The molecule has 0 atom stereocenters. The first-order valence-corrected chi connectivity index (χ1v) is 3.16. The standard InChI is InChI=1S/C6H5Cl2N.H2O/c7-4-1-2-5(8)6(9)3-4;/h1-3H,9H2;1H2. The van der Waals surface area contributed by atoms with Crippen molar-refractivity contribution in [2.45, 2.75) is 0 Å². The van der Waals surface area contributed by atoms with Crippen LogP contribution in [0.1, 0.15) is 0 Å². The molecule has 0 saturated heterocycles. The maximum absolute atomic E-state index is 5.60. The maximum atomic E-state index is 5.60. The van der Waals surface area contributed by atoms with E-state index in [0.717, 1.165) is 0 Å². The van der Waals surface area contributed by atoms with Crippen molar-refractivity contribution in [3.63, 3.8) is 0 Å². The predicted octanol–water partition coefficient (Wildman–Crippen LogP) is 1.75. The zero-order valence-electron chi connectivity index (χ0n) is 5.07. The van der Waals surface area contributed by atoms with Gasteiger partial charge in [-0.05, 0) is 18.2 Å². The molecule has 0 saturated carbocycles. The van der Waals surface area contributed by atoms with Crippen molar-refractivity contribution in [2.75, 3.05) is 5.73 Å². The van der Waals surface area contributed by atoms with Gasteiger partial charge in [0.05, 0.1) is 10.7 Å². The van der Waals surface area contributed by atoms with Crippen LogP contribution in [-0.4, -0.2) is 5.48 Å². The van der Waals surface area contributed by atoms with Crippen LogP contribution in [0.15, 0.2) is 18.2 Å². The Balaban J connectivity index is 0.000000810. The number of nitrogen functional groups attached to an aromatic ring is 1. The summed E-state index contributed by atoms with van der Waals surface area (Å²) in [6, 6.07) is 4.98. The number of hydrogen-bond donors (Lipinski definition) is 1. The largest absolute Gasteiger partial charge is 0.412 e. The Kier molecular flexibility index (Phi) is 3.50. The SMILES string of the molecule is Nc1cc(Cl)ccc1Cl.O. The lowest BCUT2D eigenvalue weighted by molar-refractivity contribution is 0.824. The van der Waals surface area contributed by atoms with Crippen LogP contribution in [0.3, 0.4) is 0 Å². The summed E-state index contributed by atoms with van der Waals surface area (Å²) in [5, 5.41) is 1.15. The summed E-state index contributed by atoms with van der Waals surface area (Å²) in [4.78, 5) is 0.